The third-order valence-electron chi connectivity index (χ3n) is 8.09. The predicted octanol–water partition coefficient (Wildman–Crippen LogP) is 10.2. The van der Waals surface area contributed by atoms with Gasteiger partial charge in [-0.3, -0.25) is 4.99 Å². The van der Waals surface area contributed by atoms with E-state index in [9.17, 15) is 0 Å². The minimum Gasteiger partial charge on any atom is -0.456 e. The number of hydrogen-bond donors (Lipinski definition) is 0. The normalized spacial score (nSPS) is 12.4. The van der Waals surface area contributed by atoms with E-state index in [-0.39, 0.29) is 0 Å². The standard InChI is InChI=1S/C40H27N3O2/c1-41-40(43-39(27-13-6-3-7-14-27)42-25-26-11-4-2-5-12-26)31-16-10-18-37-38(31)33-24-29(20-22-36(33)45-37)28-19-21-35-32(23-28)30-15-8-9-17-34(30)44-35/h2-24H,1,25H2/b42-39-,43-40-. The summed E-state index contributed by atoms with van der Waals surface area (Å²) in [7, 11) is 0. The Morgan fingerprint density at radius 1 is 0.533 bits per heavy atom. The van der Waals surface area contributed by atoms with Gasteiger partial charge in [-0.25, -0.2) is 9.98 Å². The molecule has 0 unspecified atom stereocenters. The molecule has 5 heteroatoms. The molecule has 0 fully saturated rings. The summed E-state index contributed by atoms with van der Waals surface area (Å²) in [6, 6.07) is 46.8. The van der Waals surface area contributed by atoms with Crippen molar-refractivity contribution in [2.45, 2.75) is 6.54 Å². The van der Waals surface area contributed by atoms with Gasteiger partial charge in [0.15, 0.2) is 11.7 Å². The fourth-order valence-corrected chi connectivity index (χ4v) is 5.91. The molecule has 0 N–H and O–H groups in total. The van der Waals surface area contributed by atoms with Gasteiger partial charge in [-0.2, -0.15) is 0 Å². The van der Waals surface area contributed by atoms with Crippen LogP contribution < -0.4 is 0 Å². The Kier molecular flexibility index (Phi) is 6.61. The van der Waals surface area contributed by atoms with Crippen LogP contribution in [0.3, 0.4) is 0 Å². The molecule has 0 spiro atoms. The van der Waals surface area contributed by atoms with Crippen LogP contribution in [0.5, 0.6) is 0 Å². The average molecular weight is 582 g/mol. The van der Waals surface area contributed by atoms with Crippen molar-refractivity contribution >= 4 is 62.3 Å². The fraction of sp³-hybridized carbons (Fsp3) is 0.0250. The number of hydrogen-bond acceptors (Lipinski definition) is 3. The maximum absolute atomic E-state index is 6.33. The van der Waals surface area contributed by atoms with Gasteiger partial charge in [0.05, 0.1) is 6.54 Å². The first-order valence-electron chi connectivity index (χ1n) is 14.8. The molecular formula is C40H27N3O2. The molecule has 0 amide bonds. The minimum atomic E-state index is 0.482. The fourth-order valence-electron chi connectivity index (χ4n) is 5.91. The van der Waals surface area contributed by atoms with Gasteiger partial charge >= 0.3 is 0 Å². The molecule has 214 valence electrons. The van der Waals surface area contributed by atoms with Crippen LogP contribution in [0.2, 0.25) is 0 Å². The van der Waals surface area contributed by atoms with E-state index >= 15 is 0 Å². The van der Waals surface area contributed by atoms with E-state index in [2.05, 4.69) is 54.2 Å². The largest absolute Gasteiger partial charge is 0.456 e. The lowest BCUT2D eigenvalue weighted by molar-refractivity contribution is 0.668. The number of aliphatic imine (C=N–C) groups is 3. The van der Waals surface area contributed by atoms with Gasteiger partial charge in [0, 0.05) is 32.7 Å². The molecule has 0 aliphatic heterocycles. The van der Waals surface area contributed by atoms with Crippen molar-refractivity contribution in [1.82, 2.24) is 0 Å². The lowest BCUT2D eigenvalue weighted by atomic mass is 9.99. The third kappa shape index (κ3) is 4.90. The molecule has 8 rings (SSSR count). The highest BCUT2D eigenvalue weighted by atomic mass is 16.3. The SMILES string of the molecule is C=N/C(=N\C(=N/Cc1ccccc1)c1ccccc1)c1cccc2oc3ccc(-c4ccc5oc6ccccc6c5c4)cc3c12. The Morgan fingerprint density at radius 3 is 1.93 bits per heavy atom. The Bertz CT molecular complexity index is 2420. The van der Waals surface area contributed by atoms with E-state index in [1.807, 2.05) is 97.1 Å². The summed E-state index contributed by atoms with van der Waals surface area (Å²) in [5.41, 5.74) is 8.32. The van der Waals surface area contributed by atoms with Crippen LogP contribution in [0.25, 0.3) is 55.0 Å². The second-order valence-corrected chi connectivity index (χ2v) is 10.9. The Labute approximate surface area is 259 Å². The Hall–Kier alpha value is -6.07. The smallest absolute Gasteiger partial charge is 0.161 e. The third-order valence-corrected chi connectivity index (χ3v) is 8.09. The quantitative estimate of drug-likeness (QED) is 0.150. The van der Waals surface area contributed by atoms with Crippen LogP contribution in [-0.2, 0) is 6.54 Å². The molecule has 0 saturated carbocycles. The van der Waals surface area contributed by atoms with Gasteiger partial charge in [-0.1, -0.05) is 103 Å². The van der Waals surface area contributed by atoms with E-state index in [1.54, 1.807) is 0 Å². The van der Waals surface area contributed by atoms with Crippen molar-refractivity contribution < 1.29 is 8.83 Å². The van der Waals surface area contributed by atoms with Crippen LogP contribution >= 0.6 is 0 Å². The van der Waals surface area contributed by atoms with Crippen molar-refractivity contribution in [2.75, 3.05) is 0 Å². The molecule has 0 radical (unpaired) electrons. The second-order valence-electron chi connectivity index (χ2n) is 10.9. The number of fused-ring (bicyclic) bond motifs is 6. The molecule has 0 saturated heterocycles. The van der Waals surface area contributed by atoms with E-state index in [1.165, 1.54) is 0 Å². The van der Waals surface area contributed by atoms with E-state index in [4.69, 9.17) is 18.8 Å². The second kappa shape index (κ2) is 11.2. The zero-order valence-corrected chi connectivity index (χ0v) is 24.4. The van der Waals surface area contributed by atoms with Crippen molar-refractivity contribution in [3.05, 3.63) is 156 Å². The summed E-state index contributed by atoms with van der Waals surface area (Å²) >= 11 is 0. The van der Waals surface area contributed by atoms with Crippen LogP contribution in [0.1, 0.15) is 16.7 Å². The molecule has 6 aromatic carbocycles. The van der Waals surface area contributed by atoms with Gasteiger partial charge in [-0.05, 0) is 59.8 Å². The van der Waals surface area contributed by atoms with Crippen LogP contribution in [-0.4, -0.2) is 18.4 Å². The van der Waals surface area contributed by atoms with Crippen molar-refractivity contribution in [1.29, 1.82) is 0 Å². The molecule has 0 atom stereocenters. The number of nitrogens with zero attached hydrogens (tertiary/aromatic N) is 3. The monoisotopic (exact) mass is 581 g/mol. The molecule has 0 aliphatic rings. The summed E-state index contributed by atoms with van der Waals surface area (Å²) in [4.78, 5) is 14.3. The molecule has 5 nitrogen and oxygen atoms in total. The first kappa shape index (κ1) is 26.5. The lowest BCUT2D eigenvalue weighted by Gasteiger charge is -2.07. The highest BCUT2D eigenvalue weighted by Crippen LogP contribution is 2.37. The van der Waals surface area contributed by atoms with Gasteiger partial charge < -0.3 is 8.83 Å². The number of furan rings is 2. The molecular weight excluding hydrogens is 554 g/mol. The average Bonchev–Trinajstić information content (AvgIpc) is 3.67. The maximum Gasteiger partial charge on any atom is 0.161 e. The lowest BCUT2D eigenvalue weighted by Crippen LogP contribution is -2.06. The highest BCUT2D eigenvalue weighted by molar-refractivity contribution is 6.22. The van der Waals surface area contributed by atoms with Gasteiger partial charge in [0.2, 0.25) is 0 Å². The van der Waals surface area contributed by atoms with Gasteiger partial charge in [0.1, 0.15) is 22.3 Å². The molecule has 2 aromatic heterocycles. The number of amidine groups is 2. The van der Waals surface area contributed by atoms with Crippen LogP contribution in [0.4, 0.5) is 0 Å². The maximum atomic E-state index is 6.33. The summed E-state index contributed by atoms with van der Waals surface area (Å²) in [5.74, 6) is 1.07. The van der Waals surface area contributed by atoms with Crippen LogP contribution in [0, 0.1) is 0 Å². The molecule has 0 aliphatic carbocycles. The molecule has 0 bridgehead atoms. The van der Waals surface area contributed by atoms with Crippen molar-refractivity contribution in [3.63, 3.8) is 0 Å². The minimum absolute atomic E-state index is 0.482. The van der Waals surface area contributed by atoms with E-state index < -0.39 is 0 Å². The highest BCUT2D eigenvalue weighted by Gasteiger charge is 2.17. The van der Waals surface area contributed by atoms with Crippen molar-refractivity contribution in [2.24, 2.45) is 15.0 Å². The summed E-state index contributed by atoms with van der Waals surface area (Å²) in [6.45, 7) is 4.41. The summed E-state index contributed by atoms with van der Waals surface area (Å²) < 4.78 is 12.4. The topological polar surface area (TPSA) is 63.4 Å². The summed E-state index contributed by atoms with van der Waals surface area (Å²) in [5, 5.41) is 4.11. The number of para-hydroxylation sites is 1. The zero-order chi connectivity index (χ0) is 30.2. The number of rotatable bonds is 5. The first-order valence-corrected chi connectivity index (χ1v) is 14.8. The van der Waals surface area contributed by atoms with Gasteiger partial charge in [0.25, 0.3) is 0 Å². The molecule has 8 aromatic rings. The predicted molar refractivity (Wildman–Crippen MR) is 186 cm³/mol. The first-order chi connectivity index (χ1) is 22.2. The van der Waals surface area contributed by atoms with Gasteiger partial charge in [-0.15, -0.1) is 0 Å². The zero-order valence-electron chi connectivity index (χ0n) is 24.4. The molecule has 2 heterocycles. The Morgan fingerprint density at radius 2 is 1.16 bits per heavy atom. The number of benzene rings is 6. The Balaban J connectivity index is 1.27. The van der Waals surface area contributed by atoms with E-state index in [0.717, 1.165) is 71.7 Å². The molecule has 45 heavy (non-hydrogen) atoms. The summed E-state index contributed by atoms with van der Waals surface area (Å²) in [6.07, 6.45) is 0. The van der Waals surface area contributed by atoms with Crippen LogP contribution in [0.15, 0.2) is 163 Å². The van der Waals surface area contributed by atoms with E-state index in [0.29, 0.717) is 18.2 Å². The van der Waals surface area contributed by atoms with Crippen molar-refractivity contribution in [3.8, 4) is 11.1 Å².